The fraction of sp³-hybridized carbons (Fsp3) is 0.545. The van der Waals surface area contributed by atoms with Crippen LogP contribution in [0.1, 0.15) is 31.4 Å². The van der Waals surface area contributed by atoms with E-state index in [1.54, 1.807) is 6.26 Å². The molecular weight excluding hydrogens is 162 g/mol. The fourth-order valence-corrected chi connectivity index (χ4v) is 2.13. The molecule has 1 aliphatic rings. The van der Waals surface area contributed by atoms with Gasteiger partial charge in [0.15, 0.2) is 0 Å². The van der Waals surface area contributed by atoms with Crippen LogP contribution in [0, 0.1) is 16.7 Å². The second kappa shape index (κ2) is 3.26. The van der Waals surface area contributed by atoms with Gasteiger partial charge in [-0.2, -0.15) is 5.26 Å². The summed E-state index contributed by atoms with van der Waals surface area (Å²) in [4.78, 5) is 0. The van der Waals surface area contributed by atoms with E-state index in [2.05, 4.69) is 6.07 Å². The molecule has 1 saturated carbocycles. The first kappa shape index (κ1) is 8.37. The molecule has 0 N–H and O–H groups in total. The first-order valence-electron chi connectivity index (χ1n) is 4.78. The molecule has 2 heteroatoms. The van der Waals surface area contributed by atoms with E-state index in [1.807, 2.05) is 12.1 Å². The van der Waals surface area contributed by atoms with Crippen molar-refractivity contribution >= 4 is 0 Å². The van der Waals surface area contributed by atoms with E-state index in [4.69, 9.17) is 9.68 Å². The maximum atomic E-state index is 9.12. The first-order valence-corrected chi connectivity index (χ1v) is 4.78. The molecule has 13 heavy (non-hydrogen) atoms. The minimum atomic E-state index is -0.127. The van der Waals surface area contributed by atoms with Crippen molar-refractivity contribution < 1.29 is 4.42 Å². The predicted octanol–water partition coefficient (Wildman–Crippen LogP) is 2.91. The molecule has 0 atom stereocenters. The van der Waals surface area contributed by atoms with Crippen LogP contribution in [0.3, 0.4) is 0 Å². The maximum absolute atomic E-state index is 9.12. The van der Waals surface area contributed by atoms with Gasteiger partial charge in [-0.1, -0.05) is 12.8 Å². The Morgan fingerprint density at radius 2 is 2.23 bits per heavy atom. The second-order valence-electron chi connectivity index (χ2n) is 3.86. The van der Waals surface area contributed by atoms with Gasteiger partial charge >= 0.3 is 0 Å². The third-order valence-electron chi connectivity index (χ3n) is 2.89. The molecule has 1 aromatic heterocycles. The van der Waals surface area contributed by atoms with E-state index in [9.17, 15) is 0 Å². The van der Waals surface area contributed by atoms with Crippen LogP contribution in [0.2, 0.25) is 0 Å². The molecule has 0 radical (unpaired) electrons. The normalized spacial score (nSPS) is 19.9. The van der Waals surface area contributed by atoms with E-state index in [0.29, 0.717) is 0 Å². The molecule has 1 fully saturated rings. The quantitative estimate of drug-likeness (QED) is 0.693. The topological polar surface area (TPSA) is 36.9 Å². The molecule has 0 spiro atoms. The van der Waals surface area contributed by atoms with Crippen molar-refractivity contribution in [1.82, 2.24) is 0 Å². The Hall–Kier alpha value is -1.23. The van der Waals surface area contributed by atoms with Gasteiger partial charge in [0.05, 0.1) is 17.7 Å². The van der Waals surface area contributed by atoms with Gasteiger partial charge in [-0.3, -0.25) is 0 Å². The van der Waals surface area contributed by atoms with Crippen LogP contribution in [-0.4, -0.2) is 0 Å². The van der Waals surface area contributed by atoms with E-state index in [1.165, 1.54) is 12.8 Å². The van der Waals surface area contributed by atoms with Gasteiger partial charge < -0.3 is 4.42 Å². The monoisotopic (exact) mass is 175 g/mol. The summed E-state index contributed by atoms with van der Waals surface area (Å²) < 4.78 is 5.27. The van der Waals surface area contributed by atoms with Crippen molar-refractivity contribution in [3.05, 3.63) is 24.2 Å². The van der Waals surface area contributed by atoms with Crippen molar-refractivity contribution in [3.8, 4) is 6.07 Å². The average Bonchev–Trinajstić information content (AvgIpc) is 2.77. The number of rotatable bonds is 2. The van der Waals surface area contributed by atoms with Gasteiger partial charge in [0.25, 0.3) is 0 Å². The summed E-state index contributed by atoms with van der Waals surface area (Å²) >= 11 is 0. The minimum Gasteiger partial charge on any atom is -0.469 e. The summed E-state index contributed by atoms with van der Waals surface area (Å²) in [6.45, 7) is 0. The third kappa shape index (κ3) is 1.60. The number of hydrogen-bond acceptors (Lipinski definition) is 2. The minimum absolute atomic E-state index is 0.127. The number of furan rings is 1. The van der Waals surface area contributed by atoms with Gasteiger partial charge in [-0.25, -0.2) is 0 Å². The molecule has 0 aromatic carbocycles. The van der Waals surface area contributed by atoms with Crippen molar-refractivity contribution in [3.63, 3.8) is 0 Å². The Morgan fingerprint density at radius 3 is 2.77 bits per heavy atom. The summed E-state index contributed by atoms with van der Waals surface area (Å²) in [5.41, 5.74) is -0.127. The molecule has 0 aliphatic heterocycles. The van der Waals surface area contributed by atoms with Gasteiger partial charge in [0.2, 0.25) is 0 Å². The highest BCUT2D eigenvalue weighted by atomic mass is 16.3. The van der Waals surface area contributed by atoms with Gasteiger partial charge in [0.1, 0.15) is 5.76 Å². The summed E-state index contributed by atoms with van der Waals surface area (Å²) in [6.07, 6.45) is 6.91. The lowest BCUT2D eigenvalue weighted by Crippen LogP contribution is -2.16. The van der Waals surface area contributed by atoms with Crippen LogP contribution in [0.5, 0.6) is 0 Å². The molecule has 0 amide bonds. The van der Waals surface area contributed by atoms with Gasteiger partial charge in [-0.05, 0) is 25.0 Å². The van der Waals surface area contributed by atoms with Gasteiger partial charge in [-0.15, -0.1) is 0 Å². The van der Waals surface area contributed by atoms with E-state index >= 15 is 0 Å². The van der Waals surface area contributed by atoms with Crippen LogP contribution in [-0.2, 0) is 6.42 Å². The zero-order chi connectivity index (χ0) is 9.15. The van der Waals surface area contributed by atoms with Crippen molar-refractivity contribution in [1.29, 1.82) is 5.26 Å². The Balaban J connectivity index is 2.11. The number of nitrogens with zero attached hydrogens (tertiary/aromatic N) is 1. The zero-order valence-electron chi connectivity index (χ0n) is 7.62. The van der Waals surface area contributed by atoms with Crippen LogP contribution in [0.25, 0.3) is 0 Å². The van der Waals surface area contributed by atoms with E-state index < -0.39 is 0 Å². The highest BCUT2D eigenvalue weighted by Crippen LogP contribution is 2.40. The fourth-order valence-electron chi connectivity index (χ4n) is 2.13. The van der Waals surface area contributed by atoms with Crippen LogP contribution in [0.15, 0.2) is 22.8 Å². The molecule has 1 aliphatic carbocycles. The van der Waals surface area contributed by atoms with Crippen LogP contribution < -0.4 is 0 Å². The molecular formula is C11H13NO. The van der Waals surface area contributed by atoms with E-state index in [-0.39, 0.29) is 5.41 Å². The lowest BCUT2D eigenvalue weighted by Gasteiger charge is -2.17. The molecule has 0 bridgehead atoms. The highest BCUT2D eigenvalue weighted by Gasteiger charge is 2.34. The van der Waals surface area contributed by atoms with Gasteiger partial charge in [0, 0.05) is 6.42 Å². The Bertz CT molecular complexity index is 301. The summed E-state index contributed by atoms with van der Waals surface area (Å²) in [5.74, 6) is 0.948. The van der Waals surface area contributed by atoms with Crippen LogP contribution in [0.4, 0.5) is 0 Å². The maximum Gasteiger partial charge on any atom is 0.105 e. The molecule has 1 aromatic rings. The summed E-state index contributed by atoms with van der Waals surface area (Å²) in [7, 11) is 0. The standard InChI is InChI=1S/C11H13NO/c12-9-11(5-1-2-6-11)8-10-4-3-7-13-10/h3-4,7H,1-2,5-6,8H2. The largest absolute Gasteiger partial charge is 0.469 e. The summed E-state index contributed by atoms with van der Waals surface area (Å²) in [5, 5.41) is 9.12. The molecule has 68 valence electrons. The molecule has 0 unspecified atom stereocenters. The Kier molecular flexibility index (Phi) is 2.10. The Labute approximate surface area is 78.2 Å². The van der Waals surface area contributed by atoms with Crippen molar-refractivity contribution in [2.45, 2.75) is 32.1 Å². The highest BCUT2D eigenvalue weighted by molar-refractivity contribution is 5.10. The zero-order valence-corrected chi connectivity index (χ0v) is 7.62. The average molecular weight is 175 g/mol. The predicted molar refractivity (Wildman–Crippen MR) is 48.9 cm³/mol. The lowest BCUT2D eigenvalue weighted by atomic mass is 9.83. The summed E-state index contributed by atoms with van der Waals surface area (Å²) in [6, 6.07) is 6.30. The molecule has 1 heterocycles. The van der Waals surface area contributed by atoms with Crippen molar-refractivity contribution in [2.75, 3.05) is 0 Å². The lowest BCUT2D eigenvalue weighted by molar-refractivity contribution is 0.362. The number of nitriles is 1. The first-order chi connectivity index (χ1) is 6.35. The SMILES string of the molecule is N#CC1(Cc2ccco2)CCCC1. The Morgan fingerprint density at radius 1 is 1.46 bits per heavy atom. The smallest absolute Gasteiger partial charge is 0.105 e. The van der Waals surface area contributed by atoms with Crippen molar-refractivity contribution in [2.24, 2.45) is 5.41 Å². The van der Waals surface area contributed by atoms with Crippen LogP contribution >= 0.6 is 0 Å². The molecule has 0 saturated heterocycles. The molecule has 2 nitrogen and oxygen atoms in total. The number of hydrogen-bond donors (Lipinski definition) is 0. The van der Waals surface area contributed by atoms with E-state index in [0.717, 1.165) is 25.0 Å². The second-order valence-corrected chi connectivity index (χ2v) is 3.86. The molecule has 2 rings (SSSR count). The third-order valence-corrected chi connectivity index (χ3v) is 2.89.